The fraction of sp³-hybridized carbons (Fsp3) is 0.562. The zero-order valence-corrected chi connectivity index (χ0v) is 14.0. The molecule has 1 aliphatic rings. The molecule has 122 valence electrons. The Hall–Kier alpha value is -1.40. The van der Waals surface area contributed by atoms with E-state index in [1.165, 1.54) is 7.11 Å². The van der Waals surface area contributed by atoms with Crippen LogP contribution in [0.2, 0.25) is 0 Å². The van der Waals surface area contributed by atoms with Crippen molar-refractivity contribution in [1.29, 1.82) is 0 Å². The summed E-state index contributed by atoms with van der Waals surface area (Å²) in [7, 11) is -2.25. The summed E-state index contributed by atoms with van der Waals surface area (Å²) < 4.78 is 30.5. The molecule has 1 aliphatic heterocycles. The van der Waals surface area contributed by atoms with E-state index >= 15 is 0 Å². The van der Waals surface area contributed by atoms with E-state index in [4.69, 9.17) is 4.74 Å². The van der Waals surface area contributed by atoms with Crippen LogP contribution < -0.4 is 0 Å². The second kappa shape index (κ2) is 6.79. The van der Waals surface area contributed by atoms with E-state index in [-0.39, 0.29) is 4.90 Å². The van der Waals surface area contributed by atoms with Gasteiger partial charge in [-0.15, -0.1) is 0 Å². The van der Waals surface area contributed by atoms with Gasteiger partial charge < -0.3 is 9.64 Å². The first-order chi connectivity index (χ1) is 10.4. The van der Waals surface area contributed by atoms with E-state index in [0.29, 0.717) is 19.0 Å². The zero-order valence-electron chi connectivity index (χ0n) is 13.2. The standard InChI is InChI=1S/C16H23NO4S/c1-12(2)9-17-10-14(16(18)21-3)15(11-17)22(19,20)13-7-5-4-6-8-13/h4-8,12,14-15H,9-11H2,1-3H3/t14-,15-/m1/s1. The zero-order chi connectivity index (χ0) is 16.3. The number of hydrogen-bond donors (Lipinski definition) is 0. The number of rotatable bonds is 5. The summed E-state index contributed by atoms with van der Waals surface area (Å²) in [5, 5.41) is -0.749. The molecule has 2 atom stereocenters. The van der Waals surface area contributed by atoms with Gasteiger partial charge in [-0.3, -0.25) is 4.79 Å². The molecule has 0 aliphatic carbocycles. The van der Waals surface area contributed by atoms with Crippen LogP contribution in [0.15, 0.2) is 35.2 Å². The quantitative estimate of drug-likeness (QED) is 0.769. The van der Waals surface area contributed by atoms with Crippen molar-refractivity contribution >= 4 is 15.8 Å². The van der Waals surface area contributed by atoms with Crippen LogP contribution >= 0.6 is 0 Å². The number of sulfone groups is 1. The number of carbonyl (C=O) groups excluding carboxylic acids is 1. The maximum absolute atomic E-state index is 12.9. The largest absolute Gasteiger partial charge is 0.469 e. The van der Waals surface area contributed by atoms with Crippen LogP contribution in [0.5, 0.6) is 0 Å². The Morgan fingerprint density at radius 3 is 2.45 bits per heavy atom. The number of esters is 1. The van der Waals surface area contributed by atoms with E-state index in [2.05, 4.69) is 13.8 Å². The van der Waals surface area contributed by atoms with Gasteiger partial charge in [-0.25, -0.2) is 8.42 Å². The van der Waals surface area contributed by atoms with Crippen molar-refractivity contribution in [3.05, 3.63) is 30.3 Å². The van der Waals surface area contributed by atoms with Crippen molar-refractivity contribution in [3.8, 4) is 0 Å². The van der Waals surface area contributed by atoms with Gasteiger partial charge >= 0.3 is 5.97 Å². The number of methoxy groups -OCH3 is 1. The average molecular weight is 325 g/mol. The maximum atomic E-state index is 12.9. The molecule has 0 unspecified atom stereocenters. The minimum absolute atomic E-state index is 0.264. The Bertz CT molecular complexity index is 612. The Labute approximate surface area is 132 Å². The van der Waals surface area contributed by atoms with Crippen molar-refractivity contribution in [2.24, 2.45) is 11.8 Å². The molecular formula is C16H23NO4S. The molecule has 0 N–H and O–H groups in total. The lowest BCUT2D eigenvalue weighted by Gasteiger charge is -2.18. The van der Waals surface area contributed by atoms with Crippen LogP contribution in [0, 0.1) is 11.8 Å². The molecule has 0 spiro atoms. The summed E-state index contributed by atoms with van der Waals surface area (Å²) in [4.78, 5) is 14.3. The van der Waals surface area contributed by atoms with Gasteiger partial charge in [-0.1, -0.05) is 32.0 Å². The van der Waals surface area contributed by atoms with Crippen molar-refractivity contribution in [3.63, 3.8) is 0 Å². The van der Waals surface area contributed by atoms with E-state index in [9.17, 15) is 13.2 Å². The minimum atomic E-state index is -3.55. The van der Waals surface area contributed by atoms with Crippen LogP contribution in [0.4, 0.5) is 0 Å². The third-order valence-corrected chi connectivity index (χ3v) is 6.14. The SMILES string of the molecule is COC(=O)[C@@H]1CN(CC(C)C)C[C@H]1S(=O)(=O)c1ccccc1. The fourth-order valence-corrected chi connectivity index (χ4v) is 4.92. The summed E-state index contributed by atoms with van der Waals surface area (Å²) in [5.41, 5.74) is 0. The molecule has 22 heavy (non-hydrogen) atoms. The monoisotopic (exact) mass is 325 g/mol. The first-order valence-electron chi connectivity index (χ1n) is 7.45. The summed E-state index contributed by atoms with van der Waals surface area (Å²) in [6, 6.07) is 8.32. The Kier molecular flexibility index (Phi) is 5.24. The number of carbonyl (C=O) groups is 1. The third-order valence-electron chi connectivity index (χ3n) is 3.94. The van der Waals surface area contributed by atoms with Gasteiger partial charge in [0.1, 0.15) is 0 Å². The Balaban J connectivity index is 2.31. The minimum Gasteiger partial charge on any atom is -0.469 e. The summed E-state index contributed by atoms with van der Waals surface area (Å²) in [6.07, 6.45) is 0. The van der Waals surface area contributed by atoms with E-state index in [0.717, 1.165) is 6.54 Å². The highest BCUT2D eigenvalue weighted by Crippen LogP contribution is 2.29. The average Bonchev–Trinajstić information content (AvgIpc) is 2.91. The van der Waals surface area contributed by atoms with Crippen LogP contribution in [-0.4, -0.2) is 51.3 Å². The predicted octanol–water partition coefficient (Wildman–Crippen LogP) is 1.59. The van der Waals surface area contributed by atoms with Crippen LogP contribution in [-0.2, 0) is 19.4 Å². The smallest absolute Gasteiger partial charge is 0.311 e. The molecule has 2 rings (SSSR count). The maximum Gasteiger partial charge on any atom is 0.311 e. The van der Waals surface area contributed by atoms with Gasteiger partial charge in [-0.05, 0) is 18.1 Å². The van der Waals surface area contributed by atoms with Gasteiger partial charge in [0.2, 0.25) is 0 Å². The Morgan fingerprint density at radius 1 is 1.27 bits per heavy atom. The van der Waals surface area contributed by atoms with Crippen LogP contribution in [0.3, 0.4) is 0 Å². The van der Waals surface area contributed by atoms with Gasteiger partial charge in [0, 0.05) is 19.6 Å². The number of likely N-dealkylation sites (tertiary alicyclic amines) is 1. The van der Waals surface area contributed by atoms with E-state index < -0.39 is 27.0 Å². The molecular weight excluding hydrogens is 302 g/mol. The van der Waals surface area contributed by atoms with Crippen molar-refractivity contribution in [1.82, 2.24) is 4.90 Å². The molecule has 1 aromatic carbocycles. The summed E-state index contributed by atoms with van der Waals surface area (Å²) >= 11 is 0. The normalized spacial score (nSPS) is 22.9. The highest BCUT2D eigenvalue weighted by atomic mass is 32.2. The van der Waals surface area contributed by atoms with Gasteiger partial charge in [-0.2, -0.15) is 0 Å². The number of benzene rings is 1. The topological polar surface area (TPSA) is 63.7 Å². The molecule has 0 bridgehead atoms. The number of hydrogen-bond acceptors (Lipinski definition) is 5. The van der Waals surface area contributed by atoms with Crippen LogP contribution in [0.1, 0.15) is 13.8 Å². The lowest BCUT2D eigenvalue weighted by Crippen LogP contribution is -2.34. The Morgan fingerprint density at radius 2 is 1.91 bits per heavy atom. The highest BCUT2D eigenvalue weighted by molar-refractivity contribution is 7.92. The molecule has 6 heteroatoms. The molecule has 1 fully saturated rings. The lowest BCUT2D eigenvalue weighted by atomic mass is 10.1. The second-order valence-corrected chi connectivity index (χ2v) is 8.31. The van der Waals surface area contributed by atoms with Crippen LogP contribution in [0.25, 0.3) is 0 Å². The molecule has 5 nitrogen and oxygen atoms in total. The molecule has 0 saturated carbocycles. The van der Waals surface area contributed by atoms with Crippen molar-refractivity contribution < 1.29 is 17.9 Å². The van der Waals surface area contributed by atoms with Crippen molar-refractivity contribution in [2.75, 3.05) is 26.7 Å². The summed E-state index contributed by atoms with van der Waals surface area (Å²) in [6.45, 7) is 5.73. The first kappa shape index (κ1) is 17.0. The second-order valence-electron chi connectivity index (χ2n) is 6.14. The third kappa shape index (κ3) is 3.50. The molecule has 1 aromatic rings. The predicted molar refractivity (Wildman–Crippen MR) is 84.2 cm³/mol. The van der Waals surface area contributed by atoms with Gasteiger partial charge in [0.05, 0.1) is 23.2 Å². The van der Waals surface area contributed by atoms with Gasteiger partial charge in [0.25, 0.3) is 0 Å². The van der Waals surface area contributed by atoms with Gasteiger partial charge in [0.15, 0.2) is 9.84 Å². The summed E-state index contributed by atoms with van der Waals surface area (Å²) in [5.74, 6) is -0.666. The fourth-order valence-electron chi connectivity index (χ4n) is 2.99. The van der Waals surface area contributed by atoms with Crippen molar-refractivity contribution in [2.45, 2.75) is 24.0 Å². The molecule has 0 aromatic heterocycles. The number of ether oxygens (including phenoxy) is 1. The van der Waals surface area contributed by atoms with E-state index in [1.807, 2.05) is 4.90 Å². The molecule has 0 amide bonds. The van der Waals surface area contributed by atoms with E-state index in [1.54, 1.807) is 30.3 Å². The number of nitrogens with zero attached hydrogens (tertiary/aromatic N) is 1. The lowest BCUT2D eigenvalue weighted by molar-refractivity contribution is -0.144. The molecule has 1 heterocycles. The molecule has 1 saturated heterocycles. The highest BCUT2D eigenvalue weighted by Gasteiger charge is 2.46. The molecule has 0 radical (unpaired) electrons. The first-order valence-corrected chi connectivity index (χ1v) is 9.00.